The highest BCUT2D eigenvalue weighted by atomic mass is 16.7. The number of H-pyrrole nitrogens is 1. The highest BCUT2D eigenvalue weighted by Crippen LogP contribution is 2.41. The highest BCUT2D eigenvalue weighted by Gasteiger charge is 2.29. The van der Waals surface area contributed by atoms with E-state index in [0.717, 1.165) is 48.9 Å². The van der Waals surface area contributed by atoms with Gasteiger partial charge >= 0.3 is 6.16 Å². The van der Waals surface area contributed by atoms with Gasteiger partial charge in [0.2, 0.25) is 5.88 Å². The molecule has 28 heavy (non-hydrogen) atoms. The first kappa shape index (κ1) is 20.6. The summed E-state index contributed by atoms with van der Waals surface area (Å²) in [6.07, 6.45) is 4.36. The fourth-order valence-corrected chi connectivity index (χ4v) is 4.20. The number of pyridine rings is 1. The van der Waals surface area contributed by atoms with Gasteiger partial charge in [0.25, 0.3) is 0 Å². The Kier molecular flexibility index (Phi) is 6.91. The maximum absolute atomic E-state index is 11.9. The molecular weight excluding hydrogens is 358 g/mol. The maximum atomic E-state index is 11.9. The summed E-state index contributed by atoms with van der Waals surface area (Å²) in [7, 11) is 1.64. The number of carbonyl (C=O) groups excluding carboxylic acids is 1. The lowest BCUT2D eigenvalue weighted by Crippen LogP contribution is -2.29. The van der Waals surface area contributed by atoms with Crippen LogP contribution in [0.4, 0.5) is 4.79 Å². The van der Waals surface area contributed by atoms with Crippen LogP contribution in [0.5, 0.6) is 5.88 Å². The lowest BCUT2D eigenvalue weighted by molar-refractivity contribution is 0.101. The number of likely N-dealkylation sites (N-methyl/N-ethyl adjacent to an activating group) is 1. The van der Waals surface area contributed by atoms with Crippen LogP contribution in [0.2, 0.25) is 0 Å². The summed E-state index contributed by atoms with van der Waals surface area (Å²) in [5.41, 5.74) is 4.37. The second-order valence-corrected chi connectivity index (χ2v) is 7.14. The molecule has 0 saturated carbocycles. The van der Waals surface area contributed by atoms with Crippen molar-refractivity contribution in [2.45, 2.75) is 52.6 Å². The summed E-state index contributed by atoms with van der Waals surface area (Å²) < 4.78 is 15.8. The van der Waals surface area contributed by atoms with E-state index in [-0.39, 0.29) is 12.5 Å². The lowest BCUT2D eigenvalue weighted by atomic mass is 9.84. The molecule has 0 saturated heterocycles. The van der Waals surface area contributed by atoms with E-state index in [1.807, 2.05) is 0 Å². The first-order valence-corrected chi connectivity index (χ1v) is 10.2. The second kappa shape index (κ2) is 9.39. The molecule has 1 N–H and O–H groups in total. The molecule has 0 aromatic carbocycles. The highest BCUT2D eigenvalue weighted by molar-refractivity contribution is 5.90. The van der Waals surface area contributed by atoms with Crippen LogP contribution < -0.4 is 4.74 Å². The van der Waals surface area contributed by atoms with Gasteiger partial charge in [-0.3, -0.25) is 0 Å². The first-order chi connectivity index (χ1) is 13.6. The molecule has 0 fully saturated rings. The van der Waals surface area contributed by atoms with Crippen LogP contribution in [-0.2, 0) is 22.5 Å². The molecule has 1 unspecified atom stereocenters. The zero-order valence-corrected chi connectivity index (χ0v) is 17.3. The second-order valence-electron chi connectivity index (χ2n) is 7.14. The van der Waals surface area contributed by atoms with Crippen molar-refractivity contribution in [2.75, 3.05) is 33.4 Å². The fraction of sp³-hybridized carbons (Fsp3) is 0.619. The van der Waals surface area contributed by atoms with E-state index >= 15 is 0 Å². The number of methoxy groups -OCH3 is 1. The molecule has 0 amide bonds. The molecule has 7 nitrogen and oxygen atoms in total. The normalized spacial score (nSPS) is 16.4. The largest absolute Gasteiger partial charge is 0.515 e. The molecule has 154 valence electrons. The van der Waals surface area contributed by atoms with Gasteiger partial charge in [-0.25, -0.2) is 9.78 Å². The summed E-state index contributed by atoms with van der Waals surface area (Å²) in [5.74, 6) is 0.701. The molecular formula is C21H31N3O4. The minimum atomic E-state index is -0.740. The third-order valence-electron chi connectivity index (χ3n) is 5.51. The summed E-state index contributed by atoms with van der Waals surface area (Å²) in [6, 6.07) is 0. The first-order valence-electron chi connectivity index (χ1n) is 10.2. The fourth-order valence-electron chi connectivity index (χ4n) is 4.20. The molecule has 0 aliphatic heterocycles. The van der Waals surface area contributed by atoms with Crippen LogP contribution >= 0.6 is 0 Å². The average molecular weight is 389 g/mol. The molecule has 3 rings (SSSR count). The van der Waals surface area contributed by atoms with Gasteiger partial charge in [-0.1, -0.05) is 13.8 Å². The number of nitrogens with zero attached hydrogens (tertiary/aromatic N) is 2. The van der Waals surface area contributed by atoms with Crippen molar-refractivity contribution in [1.29, 1.82) is 0 Å². The van der Waals surface area contributed by atoms with Gasteiger partial charge in [0.1, 0.15) is 0 Å². The molecule has 0 radical (unpaired) electrons. The Morgan fingerprint density at radius 3 is 2.79 bits per heavy atom. The van der Waals surface area contributed by atoms with Crippen LogP contribution in [0.3, 0.4) is 0 Å². The van der Waals surface area contributed by atoms with Gasteiger partial charge < -0.3 is 24.1 Å². The standard InChI is InChI=1S/C21H31N3O4/c1-5-24(6-2)12-14-9-8-10-16-18(14)19-15(13-26-4)20(22-11-17(19)23-16)28-21(25)27-7-3/h11,14,23H,5-10,12-13H2,1-4H3. The molecule has 2 aromatic rings. The molecule has 1 aliphatic rings. The number of hydrogen-bond acceptors (Lipinski definition) is 6. The SMILES string of the molecule is CCOC(=O)Oc1ncc2[nH]c3c(c2c1COC)C(CN(CC)CC)CCC3. The molecule has 0 bridgehead atoms. The van der Waals surface area contributed by atoms with Crippen molar-refractivity contribution >= 4 is 17.1 Å². The van der Waals surface area contributed by atoms with Gasteiger partial charge in [0, 0.05) is 24.7 Å². The third-order valence-corrected chi connectivity index (χ3v) is 5.51. The lowest BCUT2D eigenvalue weighted by Gasteiger charge is -2.29. The van der Waals surface area contributed by atoms with Crippen molar-refractivity contribution in [1.82, 2.24) is 14.9 Å². The molecule has 2 aromatic heterocycles. The number of rotatable bonds is 8. The summed E-state index contributed by atoms with van der Waals surface area (Å²) >= 11 is 0. The molecule has 1 aliphatic carbocycles. The van der Waals surface area contributed by atoms with E-state index in [0.29, 0.717) is 12.5 Å². The van der Waals surface area contributed by atoms with E-state index in [2.05, 4.69) is 28.7 Å². The number of aryl methyl sites for hydroxylation is 1. The minimum absolute atomic E-state index is 0.256. The van der Waals surface area contributed by atoms with Crippen molar-refractivity contribution in [2.24, 2.45) is 0 Å². The molecule has 1 atom stereocenters. The number of carbonyl (C=O) groups is 1. The number of hydrogen-bond donors (Lipinski definition) is 1. The van der Waals surface area contributed by atoms with Gasteiger partial charge in [-0.15, -0.1) is 0 Å². The van der Waals surface area contributed by atoms with E-state index in [1.54, 1.807) is 20.2 Å². The van der Waals surface area contributed by atoms with Crippen molar-refractivity contribution in [3.8, 4) is 5.88 Å². The summed E-state index contributed by atoms with van der Waals surface area (Å²) in [6.45, 7) is 9.82. The van der Waals surface area contributed by atoms with Crippen molar-refractivity contribution < 1.29 is 19.0 Å². The van der Waals surface area contributed by atoms with Crippen LogP contribution in [-0.4, -0.2) is 54.4 Å². The van der Waals surface area contributed by atoms with Crippen LogP contribution in [0, 0.1) is 0 Å². The van der Waals surface area contributed by atoms with Crippen LogP contribution in [0.25, 0.3) is 10.9 Å². The quantitative estimate of drug-likeness (QED) is 0.688. The monoisotopic (exact) mass is 389 g/mol. The number of ether oxygens (including phenoxy) is 3. The Bertz CT molecular complexity index is 814. The molecule has 7 heteroatoms. The molecule has 2 heterocycles. The molecule has 0 spiro atoms. The van der Waals surface area contributed by atoms with Gasteiger partial charge in [-0.05, 0) is 50.8 Å². The maximum Gasteiger partial charge on any atom is 0.515 e. The zero-order chi connectivity index (χ0) is 20.1. The van der Waals surface area contributed by atoms with E-state index < -0.39 is 6.16 Å². The summed E-state index contributed by atoms with van der Waals surface area (Å²) in [5, 5.41) is 1.09. The van der Waals surface area contributed by atoms with Crippen LogP contribution in [0.15, 0.2) is 6.20 Å². The Balaban J connectivity index is 2.08. The predicted molar refractivity (Wildman–Crippen MR) is 108 cm³/mol. The Morgan fingerprint density at radius 2 is 2.11 bits per heavy atom. The predicted octanol–water partition coefficient (Wildman–Crippen LogP) is 4.01. The van der Waals surface area contributed by atoms with Gasteiger partial charge in [0.05, 0.1) is 30.5 Å². The number of fused-ring (bicyclic) bond motifs is 3. The third kappa shape index (κ3) is 4.15. The van der Waals surface area contributed by atoms with Crippen molar-refractivity contribution in [3.63, 3.8) is 0 Å². The summed E-state index contributed by atoms with van der Waals surface area (Å²) in [4.78, 5) is 22.3. The zero-order valence-electron chi connectivity index (χ0n) is 17.3. The number of aromatic nitrogens is 2. The van der Waals surface area contributed by atoms with E-state index in [4.69, 9.17) is 14.2 Å². The van der Waals surface area contributed by atoms with Crippen LogP contribution in [0.1, 0.15) is 56.4 Å². The Labute approximate surface area is 166 Å². The number of aromatic amines is 1. The average Bonchev–Trinajstić information content (AvgIpc) is 3.07. The minimum Gasteiger partial charge on any atom is -0.434 e. The smallest absolute Gasteiger partial charge is 0.434 e. The van der Waals surface area contributed by atoms with Gasteiger partial charge in [0.15, 0.2) is 0 Å². The topological polar surface area (TPSA) is 76.7 Å². The van der Waals surface area contributed by atoms with Crippen molar-refractivity contribution in [3.05, 3.63) is 23.0 Å². The van der Waals surface area contributed by atoms with Gasteiger partial charge in [-0.2, -0.15) is 0 Å². The number of nitrogens with one attached hydrogen (secondary N) is 1. The Hall–Kier alpha value is -2.12. The Morgan fingerprint density at radius 1 is 1.32 bits per heavy atom. The van der Waals surface area contributed by atoms with E-state index in [1.165, 1.54) is 17.7 Å². The van der Waals surface area contributed by atoms with E-state index in [9.17, 15) is 4.79 Å².